The van der Waals surface area contributed by atoms with E-state index in [2.05, 4.69) is 21.2 Å². The molecule has 0 radical (unpaired) electrons. The lowest BCUT2D eigenvalue weighted by Crippen LogP contribution is -1.98. The Kier molecular flexibility index (Phi) is 3.39. The van der Waals surface area contributed by atoms with Crippen molar-refractivity contribution >= 4 is 27.4 Å². The van der Waals surface area contributed by atoms with Crippen molar-refractivity contribution in [3.8, 4) is 0 Å². The highest BCUT2D eigenvalue weighted by molar-refractivity contribution is 9.10. The van der Waals surface area contributed by atoms with Gasteiger partial charge < -0.3 is 5.32 Å². The first-order valence-corrected chi connectivity index (χ1v) is 5.90. The van der Waals surface area contributed by atoms with Crippen LogP contribution in [0.15, 0.2) is 34.4 Å². The van der Waals surface area contributed by atoms with E-state index in [1.807, 2.05) is 0 Å². The molecule has 0 amide bonds. The second-order valence-electron chi connectivity index (χ2n) is 3.71. The molecule has 0 aromatic heterocycles. The van der Waals surface area contributed by atoms with Crippen molar-refractivity contribution in [3.63, 3.8) is 0 Å². The molecule has 4 heteroatoms. The third kappa shape index (κ3) is 2.50. The van der Waals surface area contributed by atoms with Gasteiger partial charge in [-0.3, -0.25) is 4.79 Å². The molecule has 84 valence electrons. The van der Waals surface area contributed by atoms with Gasteiger partial charge in [-0.25, -0.2) is 4.39 Å². The smallest absolute Gasteiger partial charge is 0.160 e. The molecule has 0 unspecified atom stereocenters. The van der Waals surface area contributed by atoms with E-state index in [4.69, 9.17) is 0 Å². The van der Waals surface area contributed by atoms with E-state index in [9.17, 15) is 9.18 Å². The minimum atomic E-state index is -0.336. The van der Waals surface area contributed by atoms with Crippen LogP contribution in [0.5, 0.6) is 0 Å². The fraction of sp³-hybridized carbons (Fsp3) is 0.250. The molecule has 2 nitrogen and oxygen atoms in total. The zero-order valence-electron chi connectivity index (χ0n) is 8.59. The maximum Gasteiger partial charge on any atom is 0.160 e. The van der Waals surface area contributed by atoms with Crippen LogP contribution >= 0.6 is 15.9 Å². The lowest BCUT2D eigenvalue weighted by atomic mass is 10.2. The Morgan fingerprint density at radius 1 is 1.38 bits per heavy atom. The first-order chi connectivity index (χ1) is 7.66. The molecule has 0 aliphatic heterocycles. The van der Waals surface area contributed by atoms with Crippen molar-refractivity contribution in [2.75, 3.05) is 5.32 Å². The Morgan fingerprint density at radius 3 is 2.81 bits per heavy atom. The number of carbonyl (C=O) groups is 1. The second-order valence-corrected chi connectivity index (χ2v) is 4.63. The van der Waals surface area contributed by atoms with Crippen LogP contribution in [0.3, 0.4) is 0 Å². The summed E-state index contributed by atoms with van der Waals surface area (Å²) in [6.45, 7) is 0. The summed E-state index contributed by atoms with van der Waals surface area (Å²) in [5, 5.41) is 2.83. The molecule has 1 aromatic carbocycles. The third-order valence-electron chi connectivity index (χ3n) is 2.54. The zero-order chi connectivity index (χ0) is 11.5. The minimum Gasteiger partial charge on any atom is -0.359 e. The standard InChI is InChI=1S/C12H11BrFNO/c13-9-4-5-11(10(14)6-9)15-7-8-2-1-3-12(8)16/h4-7,15H,1-3H2. The van der Waals surface area contributed by atoms with E-state index in [0.29, 0.717) is 16.6 Å². The Balaban J connectivity index is 2.12. The van der Waals surface area contributed by atoms with Crippen LogP contribution in [0.1, 0.15) is 19.3 Å². The van der Waals surface area contributed by atoms with Crippen LogP contribution in [0.2, 0.25) is 0 Å². The Morgan fingerprint density at radius 2 is 2.19 bits per heavy atom. The normalized spacial score (nSPS) is 18.1. The van der Waals surface area contributed by atoms with Gasteiger partial charge in [0.05, 0.1) is 5.69 Å². The quantitative estimate of drug-likeness (QED) is 0.840. The van der Waals surface area contributed by atoms with Gasteiger partial charge in [-0.15, -0.1) is 0 Å². The molecule has 1 aliphatic carbocycles. The van der Waals surface area contributed by atoms with E-state index in [1.165, 1.54) is 6.07 Å². The van der Waals surface area contributed by atoms with E-state index in [0.717, 1.165) is 18.4 Å². The van der Waals surface area contributed by atoms with E-state index >= 15 is 0 Å². The summed E-state index contributed by atoms with van der Waals surface area (Å²) in [6.07, 6.45) is 3.90. The Hall–Kier alpha value is -1.16. The van der Waals surface area contributed by atoms with Gasteiger partial charge in [0.25, 0.3) is 0 Å². The molecule has 0 heterocycles. The number of carbonyl (C=O) groups excluding carboxylic acids is 1. The predicted octanol–water partition coefficient (Wildman–Crippen LogP) is 3.64. The number of allylic oxidation sites excluding steroid dienone is 1. The fourth-order valence-electron chi connectivity index (χ4n) is 1.66. The third-order valence-corrected chi connectivity index (χ3v) is 3.03. The van der Waals surface area contributed by atoms with E-state index in [1.54, 1.807) is 18.3 Å². The molecule has 1 fully saturated rings. The van der Waals surface area contributed by atoms with Crippen molar-refractivity contribution in [1.82, 2.24) is 0 Å². The summed E-state index contributed by atoms with van der Waals surface area (Å²) in [7, 11) is 0. The van der Waals surface area contributed by atoms with Gasteiger partial charge in [0.15, 0.2) is 5.78 Å². The Bertz CT molecular complexity index is 456. The average Bonchev–Trinajstić information content (AvgIpc) is 2.63. The van der Waals surface area contributed by atoms with Gasteiger partial charge in [-0.2, -0.15) is 0 Å². The number of hydrogen-bond acceptors (Lipinski definition) is 2. The molecule has 0 bridgehead atoms. The molecular formula is C12H11BrFNO. The monoisotopic (exact) mass is 283 g/mol. The van der Waals surface area contributed by atoms with Crippen LogP contribution < -0.4 is 5.32 Å². The van der Waals surface area contributed by atoms with Gasteiger partial charge in [0, 0.05) is 22.7 Å². The highest BCUT2D eigenvalue weighted by Crippen LogP contribution is 2.22. The van der Waals surface area contributed by atoms with Gasteiger partial charge in [-0.05, 0) is 31.0 Å². The molecule has 1 saturated carbocycles. The van der Waals surface area contributed by atoms with Crippen LogP contribution in [-0.4, -0.2) is 5.78 Å². The summed E-state index contributed by atoms with van der Waals surface area (Å²) in [6, 6.07) is 4.77. The number of ketones is 1. The molecule has 1 N–H and O–H groups in total. The van der Waals surface area contributed by atoms with Gasteiger partial charge in [0.1, 0.15) is 5.82 Å². The summed E-state index contributed by atoms with van der Waals surface area (Å²) in [5.41, 5.74) is 1.14. The number of anilines is 1. The number of hydrogen-bond donors (Lipinski definition) is 1. The lowest BCUT2D eigenvalue weighted by Gasteiger charge is -2.04. The highest BCUT2D eigenvalue weighted by Gasteiger charge is 2.16. The molecular weight excluding hydrogens is 273 g/mol. The van der Waals surface area contributed by atoms with Crippen molar-refractivity contribution in [2.45, 2.75) is 19.3 Å². The minimum absolute atomic E-state index is 0.157. The molecule has 0 spiro atoms. The van der Waals surface area contributed by atoms with Crippen LogP contribution in [0, 0.1) is 5.82 Å². The van der Waals surface area contributed by atoms with Gasteiger partial charge in [-0.1, -0.05) is 15.9 Å². The number of Topliss-reactive ketones (excluding diaryl/α,β-unsaturated/α-hetero) is 1. The topological polar surface area (TPSA) is 29.1 Å². The molecule has 0 saturated heterocycles. The number of nitrogens with one attached hydrogen (secondary N) is 1. The molecule has 2 rings (SSSR count). The highest BCUT2D eigenvalue weighted by atomic mass is 79.9. The van der Waals surface area contributed by atoms with E-state index < -0.39 is 0 Å². The maximum absolute atomic E-state index is 13.4. The molecule has 0 atom stereocenters. The molecule has 16 heavy (non-hydrogen) atoms. The van der Waals surface area contributed by atoms with Crippen molar-refractivity contribution in [2.24, 2.45) is 0 Å². The summed E-state index contributed by atoms with van der Waals surface area (Å²) in [5.74, 6) is -0.179. The van der Waals surface area contributed by atoms with Crippen molar-refractivity contribution < 1.29 is 9.18 Å². The first kappa shape index (κ1) is 11.3. The fourth-order valence-corrected chi connectivity index (χ4v) is 2.00. The van der Waals surface area contributed by atoms with Crippen molar-refractivity contribution in [3.05, 3.63) is 40.3 Å². The van der Waals surface area contributed by atoms with Crippen LogP contribution in [-0.2, 0) is 4.79 Å². The summed E-state index contributed by atoms with van der Waals surface area (Å²) >= 11 is 3.19. The number of halogens is 2. The molecule has 1 aliphatic rings. The van der Waals surface area contributed by atoms with Gasteiger partial charge >= 0.3 is 0 Å². The maximum atomic E-state index is 13.4. The Labute approximate surface area is 102 Å². The second kappa shape index (κ2) is 4.78. The number of rotatable bonds is 2. The average molecular weight is 284 g/mol. The molecule has 1 aromatic rings. The first-order valence-electron chi connectivity index (χ1n) is 5.10. The zero-order valence-corrected chi connectivity index (χ0v) is 10.2. The largest absolute Gasteiger partial charge is 0.359 e. The van der Waals surface area contributed by atoms with E-state index in [-0.39, 0.29) is 11.6 Å². The van der Waals surface area contributed by atoms with Gasteiger partial charge in [0.2, 0.25) is 0 Å². The van der Waals surface area contributed by atoms with Crippen LogP contribution in [0.25, 0.3) is 0 Å². The van der Waals surface area contributed by atoms with Crippen molar-refractivity contribution in [1.29, 1.82) is 0 Å². The summed E-state index contributed by atoms with van der Waals surface area (Å²) in [4.78, 5) is 11.3. The van der Waals surface area contributed by atoms with Crippen LogP contribution in [0.4, 0.5) is 10.1 Å². The predicted molar refractivity (Wildman–Crippen MR) is 64.7 cm³/mol. The summed E-state index contributed by atoms with van der Waals surface area (Å²) < 4.78 is 14.1. The lowest BCUT2D eigenvalue weighted by molar-refractivity contribution is -0.114. The SMILES string of the molecule is O=C1CCCC1=CNc1ccc(Br)cc1F. The number of benzene rings is 1.